The van der Waals surface area contributed by atoms with Crippen LogP contribution in [0.5, 0.6) is 0 Å². The molecule has 1 aliphatic rings. The standard InChI is InChI=1S/C10H21NO2/c1-9(2,3)13-10(8-11)4-6-12-7-5-10/h4-8,11H2,1-3H3. The molecular weight excluding hydrogens is 166 g/mol. The molecule has 3 heteroatoms. The van der Waals surface area contributed by atoms with Crippen LogP contribution in [0.3, 0.4) is 0 Å². The van der Waals surface area contributed by atoms with Gasteiger partial charge in [0.25, 0.3) is 0 Å². The lowest BCUT2D eigenvalue weighted by Crippen LogP contribution is -2.49. The van der Waals surface area contributed by atoms with Gasteiger partial charge in [0.05, 0.1) is 11.2 Å². The zero-order chi connectivity index (χ0) is 9.95. The van der Waals surface area contributed by atoms with Crippen LogP contribution >= 0.6 is 0 Å². The summed E-state index contributed by atoms with van der Waals surface area (Å²) in [5.41, 5.74) is 5.51. The van der Waals surface area contributed by atoms with E-state index in [1.165, 1.54) is 0 Å². The van der Waals surface area contributed by atoms with Crippen LogP contribution in [-0.2, 0) is 9.47 Å². The molecule has 1 heterocycles. The van der Waals surface area contributed by atoms with Crippen molar-refractivity contribution >= 4 is 0 Å². The van der Waals surface area contributed by atoms with Crippen LogP contribution in [0.4, 0.5) is 0 Å². The van der Waals surface area contributed by atoms with Crippen LogP contribution in [-0.4, -0.2) is 31.0 Å². The minimum atomic E-state index is -0.142. The van der Waals surface area contributed by atoms with Crippen molar-refractivity contribution in [2.75, 3.05) is 19.8 Å². The Morgan fingerprint density at radius 1 is 1.31 bits per heavy atom. The Bertz CT molecular complexity index is 157. The van der Waals surface area contributed by atoms with Crippen molar-refractivity contribution in [3.8, 4) is 0 Å². The molecule has 1 fully saturated rings. The summed E-state index contributed by atoms with van der Waals surface area (Å²) in [7, 11) is 0. The average molecular weight is 187 g/mol. The number of ether oxygens (including phenoxy) is 2. The molecule has 1 saturated heterocycles. The molecule has 1 aliphatic heterocycles. The van der Waals surface area contributed by atoms with Crippen LogP contribution in [0, 0.1) is 0 Å². The maximum atomic E-state index is 6.01. The fourth-order valence-corrected chi connectivity index (χ4v) is 1.74. The van der Waals surface area contributed by atoms with Gasteiger partial charge in [-0.25, -0.2) is 0 Å². The highest BCUT2D eigenvalue weighted by Gasteiger charge is 2.35. The van der Waals surface area contributed by atoms with Crippen molar-refractivity contribution in [3.05, 3.63) is 0 Å². The fraction of sp³-hybridized carbons (Fsp3) is 1.00. The monoisotopic (exact) mass is 187 g/mol. The van der Waals surface area contributed by atoms with Crippen LogP contribution in [0.15, 0.2) is 0 Å². The van der Waals surface area contributed by atoms with Crippen LogP contribution in [0.1, 0.15) is 33.6 Å². The van der Waals surface area contributed by atoms with Gasteiger partial charge in [0.2, 0.25) is 0 Å². The SMILES string of the molecule is CC(C)(C)OC1(CN)CCOCC1. The third-order valence-corrected chi connectivity index (χ3v) is 2.30. The summed E-state index contributed by atoms with van der Waals surface area (Å²) in [6, 6.07) is 0. The summed E-state index contributed by atoms with van der Waals surface area (Å²) in [5, 5.41) is 0. The van der Waals surface area contributed by atoms with E-state index in [4.69, 9.17) is 15.2 Å². The Balaban J connectivity index is 2.57. The van der Waals surface area contributed by atoms with Crippen LogP contribution in [0.2, 0.25) is 0 Å². The fourth-order valence-electron chi connectivity index (χ4n) is 1.74. The van der Waals surface area contributed by atoms with E-state index in [-0.39, 0.29) is 11.2 Å². The molecule has 1 rings (SSSR count). The molecule has 0 amide bonds. The molecule has 0 spiro atoms. The quantitative estimate of drug-likeness (QED) is 0.709. The van der Waals surface area contributed by atoms with Gasteiger partial charge >= 0.3 is 0 Å². The summed E-state index contributed by atoms with van der Waals surface area (Å²) < 4.78 is 11.3. The normalized spacial score (nSPS) is 23.1. The predicted octanol–water partition coefficient (Wildman–Crippen LogP) is 1.31. The number of hydrogen-bond donors (Lipinski definition) is 1. The molecule has 3 nitrogen and oxygen atoms in total. The van der Waals surface area contributed by atoms with Gasteiger partial charge in [-0.1, -0.05) is 0 Å². The van der Waals surface area contributed by atoms with E-state index in [9.17, 15) is 0 Å². The smallest absolute Gasteiger partial charge is 0.0855 e. The molecule has 0 aromatic carbocycles. The first-order chi connectivity index (χ1) is 5.97. The van der Waals surface area contributed by atoms with Crippen LogP contribution in [0.25, 0.3) is 0 Å². The first-order valence-electron chi connectivity index (χ1n) is 4.95. The lowest BCUT2D eigenvalue weighted by molar-refractivity contribution is -0.165. The van der Waals surface area contributed by atoms with E-state index in [0.29, 0.717) is 6.54 Å². The Morgan fingerprint density at radius 2 is 1.85 bits per heavy atom. The van der Waals surface area contributed by atoms with Gasteiger partial charge < -0.3 is 15.2 Å². The largest absolute Gasteiger partial charge is 0.381 e. The van der Waals surface area contributed by atoms with Crippen molar-refractivity contribution in [3.63, 3.8) is 0 Å². The van der Waals surface area contributed by atoms with Crippen LogP contribution < -0.4 is 5.73 Å². The van der Waals surface area contributed by atoms with Crippen molar-refractivity contribution in [1.29, 1.82) is 0 Å². The zero-order valence-electron chi connectivity index (χ0n) is 8.93. The van der Waals surface area contributed by atoms with Gasteiger partial charge in [0, 0.05) is 32.6 Å². The van der Waals surface area contributed by atoms with E-state index >= 15 is 0 Å². The summed E-state index contributed by atoms with van der Waals surface area (Å²) in [5.74, 6) is 0. The van der Waals surface area contributed by atoms with Crippen molar-refractivity contribution < 1.29 is 9.47 Å². The Kier molecular flexibility index (Phi) is 3.33. The molecule has 2 N–H and O–H groups in total. The van der Waals surface area contributed by atoms with E-state index in [2.05, 4.69) is 20.8 Å². The van der Waals surface area contributed by atoms with Crippen molar-refractivity contribution in [2.24, 2.45) is 5.73 Å². The van der Waals surface area contributed by atoms with Crippen molar-refractivity contribution in [2.45, 2.75) is 44.8 Å². The first-order valence-corrected chi connectivity index (χ1v) is 4.95. The Hall–Kier alpha value is -0.120. The first kappa shape index (κ1) is 11.0. The van der Waals surface area contributed by atoms with Gasteiger partial charge in [0.1, 0.15) is 0 Å². The molecule has 0 aromatic rings. The molecule has 0 bridgehead atoms. The van der Waals surface area contributed by atoms with E-state index < -0.39 is 0 Å². The summed E-state index contributed by atoms with van der Waals surface area (Å²) >= 11 is 0. The molecule has 78 valence electrons. The second-order valence-corrected chi connectivity index (χ2v) is 4.71. The third-order valence-electron chi connectivity index (χ3n) is 2.30. The molecular formula is C10H21NO2. The molecule has 0 unspecified atom stereocenters. The Morgan fingerprint density at radius 3 is 2.23 bits per heavy atom. The highest BCUT2D eigenvalue weighted by Crippen LogP contribution is 2.28. The lowest BCUT2D eigenvalue weighted by Gasteiger charge is -2.41. The van der Waals surface area contributed by atoms with Gasteiger partial charge in [-0.2, -0.15) is 0 Å². The second-order valence-electron chi connectivity index (χ2n) is 4.71. The number of rotatable bonds is 2. The highest BCUT2D eigenvalue weighted by molar-refractivity contribution is 4.87. The Labute approximate surface area is 80.6 Å². The van der Waals surface area contributed by atoms with Crippen molar-refractivity contribution in [1.82, 2.24) is 0 Å². The van der Waals surface area contributed by atoms with E-state index in [1.807, 2.05) is 0 Å². The summed E-state index contributed by atoms with van der Waals surface area (Å²) in [6.45, 7) is 8.34. The molecule has 0 aliphatic carbocycles. The van der Waals surface area contributed by atoms with E-state index in [0.717, 1.165) is 26.1 Å². The third kappa shape index (κ3) is 3.25. The van der Waals surface area contributed by atoms with Gasteiger partial charge in [-0.3, -0.25) is 0 Å². The highest BCUT2D eigenvalue weighted by atomic mass is 16.5. The minimum Gasteiger partial charge on any atom is -0.381 e. The maximum absolute atomic E-state index is 6.01. The molecule has 0 atom stereocenters. The molecule has 0 aromatic heterocycles. The lowest BCUT2D eigenvalue weighted by atomic mass is 9.93. The topological polar surface area (TPSA) is 44.5 Å². The van der Waals surface area contributed by atoms with Gasteiger partial charge in [-0.05, 0) is 20.8 Å². The average Bonchev–Trinajstić information content (AvgIpc) is 2.03. The second kappa shape index (κ2) is 3.95. The summed E-state index contributed by atoms with van der Waals surface area (Å²) in [6.07, 6.45) is 1.83. The molecule has 0 saturated carbocycles. The molecule has 13 heavy (non-hydrogen) atoms. The summed E-state index contributed by atoms with van der Waals surface area (Å²) in [4.78, 5) is 0. The van der Waals surface area contributed by atoms with Gasteiger partial charge in [-0.15, -0.1) is 0 Å². The number of nitrogens with two attached hydrogens (primary N) is 1. The minimum absolute atomic E-state index is 0.114. The predicted molar refractivity (Wildman–Crippen MR) is 52.7 cm³/mol. The zero-order valence-corrected chi connectivity index (χ0v) is 8.93. The van der Waals surface area contributed by atoms with Gasteiger partial charge in [0.15, 0.2) is 0 Å². The van der Waals surface area contributed by atoms with E-state index in [1.54, 1.807) is 0 Å². The molecule has 0 radical (unpaired) electrons. The number of hydrogen-bond acceptors (Lipinski definition) is 3. The maximum Gasteiger partial charge on any atom is 0.0855 e.